The van der Waals surface area contributed by atoms with Gasteiger partial charge < -0.3 is 4.90 Å². The van der Waals surface area contributed by atoms with Crippen LogP contribution in [-0.2, 0) is 16.1 Å². The predicted molar refractivity (Wildman–Crippen MR) is 83.7 cm³/mol. The molecule has 4 rings (SSSR count). The molecule has 0 bridgehead atoms. The first-order chi connectivity index (χ1) is 11.1. The van der Waals surface area contributed by atoms with Gasteiger partial charge in [-0.15, -0.1) is 0 Å². The number of carbonyl (C=O) groups excluding carboxylic acids is 3. The normalized spacial score (nSPS) is 25.0. The zero-order valence-electron chi connectivity index (χ0n) is 13.0. The Morgan fingerprint density at radius 3 is 2.61 bits per heavy atom. The van der Waals surface area contributed by atoms with Crippen molar-refractivity contribution >= 4 is 17.7 Å². The van der Waals surface area contributed by atoms with Gasteiger partial charge in [-0.3, -0.25) is 19.7 Å². The van der Waals surface area contributed by atoms with E-state index in [0.717, 1.165) is 11.1 Å². The first kappa shape index (κ1) is 14.4. The molecule has 2 heterocycles. The zero-order valence-corrected chi connectivity index (χ0v) is 13.0. The Balaban J connectivity index is 1.64. The minimum absolute atomic E-state index is 0.0735. The second-order valence-electron chi connectivity index (χ2n) is 6.75. The maximum atomic E-state index is 12.8. The van der Waals surface area contributed by atoms with Crippen LogP contribution >= 0.6 is 0 Å². The van der Waals surface area contributed by atoms with Gasteiger partial charge >= 0.3 is 0 Å². The summed E-state index contributed by atoms with van der Waals surface area (Å²) < 4.78 is 0. The number of imide groups is 1. The molecule has 1 saturated heterocycles. The second kappa shape index (κ2) is 5.48. The van der Waals surface area contributed by atoms with Crippen LogP contribution in [0.2, 0.25) is 0 Å². The van der Waals surface area contributed by atoms with Crippen LogP contribution in [0, 0.1) is 0 Å². The maximum Gasteiger partial charge on any atom is 0.255 e. The van der Waals surface area contributed by atoms with Gasteiger partial charge in [0.2, 0.25) is 11.8 Å². The maximum absolute atomic E-state index is 12.8. The second-order valence-corrected chi connectivity index (χ2v) is 6.75. The molecule has 1 saturated carbocycles. The predicted octanol–water partition coefficient (Wildman–Crippen LogP) is 2.11. The number of nitrogens with zero attached hydrogens (tertiary/aromatic N) is 1. The molecule has 0 spiro atoms. The molecule has 2 aliphatic heterocycles. The number of carbonyl (C=O) groups is 3. The molecule has 1 atom stereocenters. The van der Waals surface area contributed by atoms with Gasteiger partial charge in [0.1, 0.15) is 6.04 Å². The van der Waals surface area contributed by atoms with Gasteiger partial charge in [-0.1, -0.05) is 18.6 Å². The van der Waals surface area contributed by atoms with E-state index in [4.69, 9.17) is 0 Å². The van der Waals surface area contributed by atoms with E-state index in [2.05, 4.69) is 11.4 Å². The Morgan fingerprint density at radius 2 is 1.87 bits per heavy atom. The van der Waals surface area contributed by atoms with Crippen molar-refractivity contribution in [3.8, 4) is 0 Å². The number of fused-ring (bicyclic) bond motifs is 1. The van der Waals surface area contributed by atoms with Gasteiger partial charge in [0, 0.05) is 18.5 Å². The minimum Gasteiger partial charge on any atom is -0.322 e. The van der Waals surface area contributed by atoms with E-state index < -0.39 is 6.04 Å². The minimum atomic E-state index is -0.532. The average molecular weight is 312 g/mol. The van der Waals surface area contributed by atoms with Gasteiger partial charge in [0.05, 0.1) is 0 Å². The van der Waals surface area contributed by atoms with Gasteiger partial charge in [-0.2, -0.15) is 0 Å². The molecule has 2 fully saturated rings. The summed E-state index contributed by atoms with van der Waals surface area (Å²) in [6.07, 6.45) is 5.16. The molecule has 3 aliphatic rings. The SMILES string of the molecule is O=C1CCCC(N2Cc3c(cccc3C3CCC3)C2=O)C(=O)N1. The van der Waals surface area contributed by atoms with Crippen LogP contribution < -0.4 is 5.32 Å². The highest BCUT2D eigenvalue weighted by molar-refractivity contribution is 6.04. The molecule has 120 valence electrons. The fraction of sp³-hybridized carbons (Fsp3) is 0.500. The lowest BCUT2D eigenvalue weighted by Gasteiger charge is -2.28. The van der Waals surface area contributed by atoms with E-state index in [9.17, 15) is 14.4 Å². The molecule has 5 nitrogen and oxygen atoms in total. The molecule has 0 aromatic heterocycles. The van der Waals surface area contributed by atoms with Gasteiger partial charge in [0.25, 0.3) is 5.91 Å². The molecule has 1 N–H and O–H groups in total. The highest BCUT2D eigenvalue weighted by atomic mass is 16.2. The van der Waals surface area contributed by atoms with E-state index in [1.807, 2.05) is 12.1 Å². The highest BCUT2D eigenvalue weighted by Gasteiger charge is 2.39. The summed E-state index contributed by atoms with van der Waals surface area (Å²) in [6, 6.07) is 5.40. The van der Waals surface area contributed by atoms with E-state index >= 15 is 0 Å². The molecule has 0 radical (unpaired) electrons. The van der Waals surface area contributed by atoms with Crippen LogP contribution in [0.25, 0.3) is 0 Å². The van der Waals surface area contributed by atoms with Crippen molar-refractivity contribution in [2.45, 2.75) is 57.0 Å². The Hall–Kier alpha value is -2.17. The quantitative estimate of drug-likeness (QED) is 0.851. The van der Waals surface area contributed by atoms with Crippen LogP contribution in [0.5, 0.6) is 0 Å². The Kier molecular flexibility index (Phi) is 3.43. The van der Waals surface area contributed by atoms with E-state index in [1.54, 1.807) is 4.90 Å². The smallest absolute Gasteiger partial charge is 0.255 e. The standard InChI is InChI=1S/C18H20N2O3/c21-16-9-3-8-15(17(22)19-16)20-10-14-12(11-4-1-5-11)6-2-7-13(14)18(20)23/h2,6-7,11,15H,1,3-5,8-10H2,(H,19,21,22). The van der Waals surface area contributed by atoms with Crippen molar-refractivity contribution in [1.82, 2.24) is 10.2 Å². The third-order valence-corrected chi connectivity index (χ3v) is 5.40. The first-order valence-corrected chi connectivity index (χ1v) is 8.41. The summed E-state index contributed by atoms with van der Waals surface area (Å²) in [5.41, 5.74) is 3.10. The molecule has 3 amide bonds. The molecule has 1 unspecified atom stereocenters. The summed E-state index contributed by atoms with van der Waals surface area (Å²) in [6.45, 7) is 0.493. The summed E-state index contributed by atoms with van der Waals surface area (Å²) in [5, 5.41) is 2.40. The molecular weight excluding hydrogens is 292 g/mol. The monoisotopic (exact) mass is 312 g/mol. The number of rotatable bonds is 2. The zero-order chi connectivity index (χ0) is 16.0. The largest absolute Gasteiger partial charge is 0.322 e. The van der Waals surface area contributed by atoms with Crippen molar-refractivity contribution in [2.75, 3.05) is 0 Å². The lowest BCUT2D eigenvalue weighted by atomic mass is 9.77. The molecule has 1 aromatic rings. The molecule has 23 heavy (non-hydrogen) atoms. The van der Waals surface area contributed by atoms with Crippen molar-refractivity contribution in [2.24, 2.45) is 0 Å². The first-order valence-electron chi connectivity index (χ1n) is 8.41. The third-order valence-electron chi connectivity index (χ3n) is 5.40. The highest BCUT2D eigenvalue weighted by Crippen LogP contribution is 2.41. The van der Waals surface area contributed by atoms with Crippen molar-refractivity contribution in [1.29, 1.82) is 0 Å². The molecule has 1 aliphatic carbocycles. The van der Waals surface area contributed by atoms with Gasteiger partial charge in [-0.05, 0) is 48.8 Å². The number of amides is 3. The summed E-state index contributed by atoms with van der Waals surface area (Å²) in [4.78, 5) is 38.2. The molecule has 1 aromatic carbocycles. The van der Waals surface area contributed by atoms with E-state index in [1.165, 1.54) is 24.8 Å². The summed E-state index contributed by atoms with van der Waals surface area (Å²) in [7, 11) is 0. The van der Waals surface area contributed by atoms with Crippen LogP contribution in [0.3, 0.4) is 0 Å². The van der Waals surface area contributed by atoms with Crippen molar-refractivity contribution < 1.29 is 14.4 Å². The fourth-order valence-corrected chi connectivity index (χ4v) is 3.90. The van der Waals surface area contributed by atoms with Crippen LogP contribution in [0.1, 0.15) is 65.9 Å². The fourth-order valence-electron chi connectivity index (χ4n) is 3.90. The van der Waals surface area contributed by atoms with Gasteiger partial charge in [0.15, 0.2) is 0 Å². The van der Waals surface area contributed by atoms with E-state index in [-0.39, 0.29) is 17.7 Å². The third kappa shape index (κ3) is 2.35. The Labute approximate surface area is 135 Å². The molecular formula is C18H20N2O3. The number of hydrogen-bond acceptors (Lipinski definition) is 3. The lowest BCUT2D eigenvalue weighted by molar-refractivity contribution is -0.132. The average Bonchev–Trinajstić information content (AvgIpc) is 2.70. The summed E-state index contributed by atoms with van der Waals surface area (Å²) >= 11 is 0. The lowest BCUT2D eigenvalue weighted by Crippen LogP contribution is -2.46. The number of benzene rings is 1. The summed E-state index contributed by atoms with van der Waals surface area (Å²) in [5.74, 6) is -0.0893. The Morgan fingerprint density at radius 1 is 1.04 bits per heavy atom. The van der Waals surface area contributed by atoms with Gasteiger partial charge in [-0.25, -0.2) is 0 Å². The number of nitrogens with one attached hydrogen (secondary N) is 1. The van der Waals surface area contributed by atoms with Crippen LogP contribution in [0.15, 0.2) is 18.2 Å². The van der Waals surface area contributed by atoms with Crippen molar-refractivity contribution in [3.63, 3.8) is 0 Å². The van der Waals surface area contributed by atoms with Crippen molar-refractivity contribution in [3.05, 3.63) is 34.9 Å². The van der Waals surface area contributed by atoms with Crippen LogP contribution in [-0.4, -0.2) is 28.7 Å². The number of hydrogen-bond donors (Lipinski definition) is 1. The molecule has 5 heteroatoms. The Bertz CT molecular complexity index is 694. The topological polar surface area (TPSA) is 66.5 Å². The van der Waals surface area contributed by atoms with Crippen LogP contribution in [0.4, 0.5) is 0 Å². The van der Waals surface area contributed by atoms with E-state index in [0.29, 0.717) is 31.7 Å².